The van der Waals surface area contributed by atoms with Gasteiger partial charge in [-0.05, 0) is 83.7 Å². The summed E-state index contributed by atoms with van der Waals surface area (Å²) in [5, 5.41) is 0. The minimum atomic E-state index is -0.324. The van der Waals surface area contributed by atoms with E-state index in [2.05, 4.69) is 79.4 Å². The predicted molar refractivity (Wildman–Crippen MR) is 141 cm³/mol. The molecule has 0 fully saturated rings. The molecular weight excluding hydrogens is 419 g/mol. The van der Waals surface area contributed by atoms with E-state index in [-0.39, 0.29) is 5.82 Å². The van der Waals surface area contributed by atoms with Crippen molar-refractivity contribution >= 4 is 0 Å². The zero-order valence-electron chi connectivity index (χ0n) is 19.8. The fourth-order valence-corrected chi connectivity index (χ4v) is 4.10. The third-order valence-electron chi connectivity index (χ3n) is 6.10. The lowest BCUT2D eigenvalue weighted by atomic mass is 9.98. The number of hydrogen-bond acceptors (Lipinski definition) is 1. The molecule has 0 saturated heterocycles. The largest absolute Gasteiger partial charge is 0.491 e. The van der Waals surface area contributed by atoms with Gasteiger partial charge in [-0.25, -0.2) is 4.39 Å². The van der Waals surface area contributed by atoms with Crippen molar-refractivity contribution in [3.05, 3.63) is 126 Å². The van der Waals surface area contributed by atoms with Gasteiger partial charge in [0, 0.05) is 0 Å². The fourth-order valence-electron chi connectivity index (χ4n) is 4.10. The first-order chi connectivity index (χ1) is 16.7. The molecule has 0 aliphatic rings. The Morgan fingerprint density at radius 1 is 0.647 bits per heavy atom. The van der Waals surface area contributed by atoms with Gasteiger partial charge in [-0.15, -0.1) is 6.58 Å². The van der Waals surface area contributed by atoms with E-state index in [1.165, 1.54) is 33.9 Å². The van der Waals surface area contributed by atoms with Crippen LogP contribution in [-0.4, -0.2) is 6.61 Å². The highest BCUT2D eigenvalue weighted by Gasteiger charge is 2.06. The van der Waals surface area contributed by atoms with Crippen LogP contribution in [0.4, 0.5) is 4.39 Å². The summed E-state index contributed by atoms with van der Waals surface area (Å²) in [4.78, 5) is 0. The van der Waals surface area contributed by atoms with E-state index in [1.807, 2.05) is 19.1 Å². The number of ether oxygens (including phenoxy) is 1. The maximum absolute atomic E-state index is 14.2. The molecule has 4 aromatic carbocycles. The second-order valence-corrected chi connectivity index (χ2v) is 8.50. The van der Waals surface area contributed by atoms with Gasteiger partial charge in [0.15, 0.2) is 11.6 Å². The van der Waals surface area contributed by atoms with Gasteiger partial charge in [0.1, 0.15) is 0 Å². The number of aryl methyl sites for hydroxylation is 3. The Balaban J connectivity index is 1.34. The Bertz CT molecular complexity index is 1210. The van der Waals surface area contributed by atoms with Crippen LogP contribution in [0.3, 0.4) is 0 Å². The van der Waals surface area contributed by atoms with Gasteiger partial charge >= 0.3 is 0 Å². The maximum atomic E-state index is 14.2. The van der Waals surface area contributed by atoms with Gasteiger partial charge in [-0.1, -0.05) is 84.9 Å². The molecule has 1 nitrogen and oxygen atoms in total. The number of rotatable bonds is 10. The van der Waals surface area contributed by atoms with E-state index in [0.29, 0.717) is 12.4 Å². The summed E-state index contributed by atoms with van der Waals surface area (Å²) in [7, 11) is 0. The van der Waals surface area contributed by atoms with Gasteiger partial charge in [0.05, 0.1) is 6.61 Å². The van der Waals surface area contributed by atoms with Crippen LogP contribution in [0.1, 0.15) is 30.0 Å². The van der Waals surface area contributed by atoms with Crippen LogP contribution in [0.2, 0.25) is 0 Å². The molecule has 0 unspecified atom stereocenters. The molecule has 172 valence electrons. The lowest BCUT2D eigenvalue weighted by Crippen LogP contribution is -1.95. The maximum Gasteiger partial charge on any atom is 0.165 e. The van der Waals surface area contributed by atoms with Crippen LogP contribution in [0.15, 0.2) is 104 Å². The van der Waals surface area contributed by atoms with E-state index in [1.54, 1.807) is 6.07 Å². The smallest absolute Gasteiger partial charge is 0.165 e. The molecule has 0 heterocycles. The van der Waals surface area contributed by atoms with Crippen molar-refractivity contribution in [2.75, 3.05) is 6.61 Å². The van der Waals surface area contributed by atoms with Crippen LogP contribution >= 0.6 is 0 Å². The fraction of sp³-hybridized carbons (Fsp3) is 0.188. The summed E-state index contributed by atoms with van der Waals surface area (Å²) in [6.07, 6.45) is 5.97. The Morgan fingerprint density at radius 3 is 1.53 bits per heavy atom. The van der Waals surface area contributed by atoms with Crippen LogP contribution in [-0.2, 0) is 19.3 Å². The van der Waals surface area contributed by atoms with Gasteiger partial charge in [0.25, 0.3) is 0 Å². The topological polar surface area (TPSA) is 9.23 Å². The van der Waals surface area contributed by atoms with E-state index in [4.69, 9.17) is 4.74 Å². The molecule has 0 atom stereocenters. The van der Waals surface area contributed by atoms with E-state index in [9.17, 15) is 4.39 Å². The van der Waals surface area contributed by atoms with Crippen molar-refractivity contribution in [2.24, 2.45) is 0 Å². The van der Waals surface area contributed by atoms with Crippen molar-refractivity contribution in [1.29, 1.82) is 0 Å². The zero-order valence-corrected chi connectivity index (χ0v) is 19.8. The normalized spacial score (nSPS) is 10.8. The molecule has 4 aromatic rings. The lowest BCUT2D eigenvalue weighted by molar-refractivity contribution is 0.321. The van der Waals surface area contributed by atoms with E-state index < -0.39 is 0 Å². The van der Waals surface area contributed by atoms with Gasteiger partial charge in [-0.2, -0.15) is 0 Å². The number of benzene rings is 4. The number of halogens is 1. The zero-order chi connectivity index (χ0) is 23.8. The van der Waals surface area contributed by atoms with Crippen molar-refractivity contribution < 1.29 is 9.13 Å². The molecule has 0 bridgehead atoms. The highest BCUT2D eigenvalue weighted by atomic mass is 19.1. The van der Waals surface area contributed by atoms with E-state index >= 15 is 0 Å². The molecule has 0 aromatic heterocycles. The van der Waals surface area contributed by atoms with Crippen molar-refractivity contribution in [1.82, 2.24) is 0 Å². The molecule has 0 aliphatic heterocycles. The number of hydrogen-bond donors (Lipinski definition) is 0. The Labute approximate surface area is 202 Å². The molecule has 2 heteroatoms. The minimum Gasteiger partial charge on any atom is -0.491 e. The highest BCUT2D eigenvalue weighted by molar-refractivity contribution is 5.65. The predicted octanol–water partition coefficient (Wildman–Crippen LogP) is 8.46. The highest BCUT2D eigenvalue weighted by Crippen LogP contribution is 2.26. The molecule has 4 rings (SSSR count). The summed E-state index contributed by atoms with van der Waals surface area (Å²) in [6.45, 7) is 6.10. The molecule has 34 heavy (non-hydrogen) atoms. The third kappa shape index (κ3) is 6.02. The standard InChI is InChI=1S/C32H31FO/c1-3-5-6-24-9-15-27(16-10-24)28-17-11-25(12-18-28)7-8-26-13-19-29(20-14-26)30-21-22-32(34-4-2)31(33)23-30/h3,9-23H,1,4-8H2,2H3. The van der Waals surface area contributed by atoms with E-state index in [0.717, 1.165) is 36.8 Å². The molecule has 0 saturated carbocycles. The molecule has 0 N–H and O–H groups in total. The van der Waals surface area contributed by atoms with Crippen molar-refractivity contribution in [2.45, 2.75) is 32.6 Å². The van der Waals surface area contributed by atoms with Crippen molar-refractivity contribution in [3.8, 4) is 28.0 Å². The average molecular weight is 451 g/mol. The first-order valence-electron chi connectivity index (χ1n) is 12.0. The summed E-state index contributed by atoms with van der Waals surface area (Å²) in [6, 6.07) is 31.2. The molecule has 0 amide bonds. The van der Waals surface area contributed by atoms with Gasteiger partial charge in [0.2, 0.25) is 0 Å². The number of allylic oxidation sites excluding steroid dienone is 1. The molecular formula is C32H31FO. The first kappa shape index (κ1) is 23.5. The molecule has 0 spiro atoms. The SMILES string of the molecule is C=CCCc1ccc(-c2ccc(CCc3ccc(-c4ccc(OCC)c(F)c4)cc3)cc2)cc1. The van der Waals surface area contributed by atoms with Gasteiger partial charge < -0.3 is 4.74 Å². The third-order valence-corrected chi connectivity index (χ3v) is 6.10. The monoisotopic (exact) mass is 450 g/mol. The van der Waals surface area contributed by atoms with Crippen LogP contribution in [0.5, 0.6) is 5.75 Å². The van der Waals surface area contributed by atoms with Crippen molar-refractivity contribution in [3.63, 3.8) is 0 Å². The quantitative estimate of drug-likeness (QED) is 0.220. The Hall–Kier alpha value is -3.65. The summed E-state index contributed by atoms with van der Waals surface area (Å²) in [5.74, 6) is -0.0232. The minimum absolute atomic E-state index is 0.300. The molecule has 0 radical (unpaired) electrons. The Kier molecular flexibility index (Phi) is 7.93. The lowest BCUT2D eigenvalue weighted by Gasteiger charge is -2.09. The van der Waals surface area contributed by atoms with Gasteiger partial charge in [-0.3, -0.25) is 0 Å². The van der Waals surface area contributed by atoms with Crippen LogP contribution < -0.4 is 4.74 Å². The molecule has 0 aliphatic carbocycles. The second-order valence-electron chi connectivity index (χ2n) is 8.50. The Morgan fingerprint density at radius 2 is 1.09 bits per heavy atom. The summed E-state index contributed by atoms with van der Waals surface area (Å²) >= 11 is 0. The summed E-state index contributed by atoms with van der Waals surface area (Å²) < 4.78 is 19.5. The summed E-state index contributed by atoms with van der Waals surface area (Å²) in [5.41, 5.74) is 8.29. The van der Waals surface area contributed by atoms with Crippen LogP contribution in [0.25, 0.3) is 22.3 Å². The average Bonchev–Trinajstić information content (AvgIpc) is 2.88. The first-order valence-corrected chi connectivity index (χ1v) is 12.0. The van der Waals surface area contributed by atoms with Crippen LogP contribution in [0, 0.1) is 5.82 Å². The second kappa shape index (κ2) is 11.5.